The van der Waals surface area contributed by atoms with Gasteiger partial charge in [-0.15, -0.1) is 0 Å². The van der Waals surface area contributed by atoms with E-state index in [0.29, 0.717) is 24.2 Å². The summed E-state index contributed by atoms with van der Waals surface area (Å²) in [7, 11) is 5.66. The molecule has 51 heavy (non-hydrogen) atoms. The van der Waals surface area contributed by atoms with E-state index in [1.807, 2.05) is 13.8 Å². The van der Waals surface area contributed by atoms with Crippen molar-refractivity contribution in [3.8, 4) is 11.1 Å². The zero-order chi connectivity index (χ0) is 36.5. The van der Waals surface area contributed by atoms with Gasteiger partial charge in [-0.1, -0.05) is 44.4 Å². The van der Waals surface area contributed by atoms with Crippen LogP contribution in [0, 0.1) is 35.5 Å². The van der Waals surface area contributed by atoms with E-state index in [4.69, 9.17) is 7.85 Å². The van der Waals surface area contributed by atoms with E-state index in [9.17, 15) is 38.4 Å². The average Bonchev–Trinajstić information content (AvgIpc) is 3.64. The Morgan fingerprint density at radius 1 is 0.588 bits per heavy atom. The summed E-state index contributed by atoms with van der Waals surface area (Å²) >= 11 is 0. The second-order valence-corrected chi connectivity index (χ2v) is 14.4. The third-order valence-corrected chi connectivity index (χ3v) is 11.7. The van der Waals surface area contributed by atoms with Gasteiger partial charge in [0.2, 0.25) is 47.3 Å². The van der Waals surface area contributed by atoms with E-state index >= 15 is 0 Å². The zero-order valence-corrected chi connectivity index (χ0v) is 28.8. The van der Waals surface area contributed by atoms with Crippen molar-refractivity contribution in [1.82, 2.24) is 9.80 Å². The maximum Gasteiger partial charge on any atom is 0.238 e. The predicted molar refractivity (Wildman–Crippen MR) is 184 cm³/mol. The lowest BCUT2D eigenvalue weighted by Crippen LogP contribution is -2.63. The largest absolute Gasteiger partial charge is 0.280 e. The van der Waals surface area contributed by atoms with Crippen LogP contribution in [0.2, 0.25) is 6.32 Å². The van der Waals surface area contributed by atoms with E-state index in [-0.39, 0.29) is 73.5 Å². The Kier molecular flexibility index (Phi) is 8.79. The molecule has 0 bridgehead atoms. The lowest BCUT2D eigenvalue weighted by molar-refractivity contribution is -0.175. The number of anilines is 2. The molecule has 7 atom stereocenters. The summed E-state index contributed by atoms with van der Waals surface area (Å²) in [6.45, 7) is 5.54. The van der Waals surface area contributed by atoms with E-state index < -0.39 is 53.4 Å². The van der Waals surface area contributed by atoms with Crippen molar-refractivity contribution in [2.24, 2.45) is 35.5 Å². The molecular weight excluding hydrogens is 651 g/mol. The van der Waals surface area contributed by atoms with Crippen molar-refractivity contribution >= 4 is 66.5 Å². The van der Waals surface area contributed by atoms with Crippen LogP contribution in [0.4, 0.5) is 11.4 Å². The number of likely N-dealkylation sites (tertiary alicyclic amines) is 2. The van der Waals surface area contributed by atoms with Crippen LogP contribution in [-0.4, -0.2) is 77.0 Å². The number of rotatable bonds is 10. The van der Waals surface area contributed by atoms with E-state index in [1.165, 1.54) is 9.80 Å². The summed E-state index contributed by atoms with van der Waals surface area (Å²) in [5.41, 5.74) is 2.30. The van der Waals surface area contributed by atoms with E-state index in [1.54, 1.807) is 55.5 Å². The first-order valence-corrected chi connectivity index (χ1v) is 17.8. The predicted octanol–water partition coefficient (Wildman–Crippen LogP) is 3.27. The number of amides is 8. The van der Waals surface area contributed by atoms with Crippen molar-refractivity contribution in [3.63, 3.8) is 0 Å². The molecule has 7 unspecified atom stereocenters. The smallest absolute Gasteiger partial charge is 0.238 e. The van der Waals surface area contributed by atoms with Crippen LogP contribution in [0.1, 0.15) is 59.3 Å². The fourth-order valence-electron chi connectivity index (χ4n) is 8.92. The molecule has 13 heteroatoms. The molecule has 5 aliphatic rings. The van der Waals surface area contributed by atoms with Gasteiger partial charge in [0.1, 0.15) is 0 Å². The van der Waals surface area contributed by atoms with Gasteiger partial charge in [-0.05, 0) is 67.5 Å². The third kappa shape index (κ3) is 5.34. The third-order valence-electron chi connectivity index (χ3n) is 11.7. The molecule has 0 aromatic heterocycles. The Morgan fingerprint density at radius 3 is 1.65 bits per heavy atom. The number of hydrogen-bond acceptors (Lipinski definition) is 8. The minimum atomic E-state index is -0.765. The summed E-state index contributed by atoms with van der Waals surface area (Å²) in [4.78, 5) is 110. The van der Waals surface area contributed by atoms with Gasteiger partial charge in [0.05, 0.1) is 37.0 Å². The Bertz CT molecular complexity index is 1860. The summed E-state index contributed by atoms with van der Waals surface area (Å²) < 4.78 is 0. The van der Waals surface area contributed by atoms with Crippen LogP contribution >= 0.6 is 0 Å². The monoisotopic (exact) mass is 690 g/mol. The Labute approximate surface area is 296 Å². The number of piperidine rings is 1. The van der Waals surface area contributed by atoms with Crippen LogP contribution in [-0.2, 0) is 38.4 Å². The summed E-state index contributed by atoms with van der Waals surface area (Å²) in [5, 5.41) is 0. The minimum Gasteiger partial charge on any atom is -0.280 e. The number of imide groups is 4. The molecule has 4 saturated heterocycles. The number of fused-ring (bicyclic) bond motifs is 4. The topological polar surface area (TPSA) is 150 Å². The molecule has 1 saturated carbocycles. The highest BCUT2D eigenvalue weighted by Crippen LogP contribution is 2.57. The second kappa shape index (κ2) is 13.0. The van der Waals surface area contributed by atoms with Crippen LogP contribution in [0.15, 0.2) is 48.5 Å². The molecule has 5 fully saturated rings. The maximum absolute atomic E-state index is 13.6. The van der Waals surface area contributed by atoms with Crippen molar-refractivity contribution in [2.45, 2.75) is 77.7 Å². The van der Waals surface area contributed by atoms with E-state index in [2.05, 4.69) is 0 Å². The molecule has 2 aromatic carbocycles. The van der Waals surface area contributed by atoms with Gasteiger partial charge in [0.15, 0.2) is 0 Å². The molecule has 7 rings (SSSR count). The highest BCUT2D eigenvalue weighted by Gasteiger charge is 2.69. The molecule has 1 aliphatic carbocycles. The lowest BCUT2D eigenvalue weighted by atomic mass is 9.54. The van der Waals surface area contributed by atoms with Crippen LogP contribution in [0.5, 0.6) is 0 Å². The SMILES string of the molecule is [B]CC(C)N1C(=O)CC(CC2CC(=O)N(c3ccc(-c4ccc(N5C(=O)C6C7CC(=O)N(C(CC)CC)C(=O)C7C6C5=O)cc4)cc3)C2=O)C1=O. The summed E-state index contributed by atoms with van der Waals surface area (Å²) in [5.74, 6) is -6.84. The summed E-state index contributed by atoms with van der Waals surface area (Å²) in [6, 6.07) is 13.0. The zero-order valence-electron chi connectivity index (χ0n) is 28.8. The van der Waals surface area contributed by atoms with Gasteiger partial charge in [0, 0.05) is 43.2 Å². The molecule has 12 nitrogen and oxygen atoms in total. The van der Waals surface area contributed by atoms with E-state index in [0.717, 1.165) is 20.9 Å². The fourth-order valence-corrected chi connectivity index (χ4v) is 8.92. The average molecular weight is 691 g/mol. The minimum absolute atomic E-state index is 0.00515. The fraction of sp³-hybridized carbons (Fsp3) is 0.474. The number of carbonyl (C=O) groups is 8. The molecule has 4 heterocycles. The lowest BCUT2D eigenvalue weighted by Gasteiger charge is -2.50. The van der Waals surface area contributed by atoms with Gasteiger partial charge in [-0.25, -0.2) is 0 Å². The quantitative estimate of drug-likeness (QED) is 0.273. The molecule has 262 valence electrons. The first kappa shape index (κ1) is 34.5. The van der Waals surface area contributed by atoms with Gasteiger partial charge in [-0.2, -0.15) is 0 Å². The van der Waals surface area contributed by atoms with Crippen LogP contribution in [0.25, 0.3) is 11.1 Å². The molecule has 0 spiro atoms. The molecule has 0 N–H and O–H groups in total. The van der Waals surface area contributed by atoms with Crippen molar-refractivity contribution < 1.29 is 38.4 Å². The number of hydrogen-bond donors (Lipinski definition) is 0. The normalized spacial score (nSPS) is 28.3. The standard InChI is InChI=1S/C38H39BN4O8/c1-4-24(5-2)41-30(46)17-27-31(36(41)49)33-32(27)37(50)43(38(33)51)26-12-8-21(9-13-26)20-6-10-25(11-7-20)42-29(45)16-23(35(42)48)14-22-15-28(44)40(34(22)47)19(3)18-39/h6-13,19,22-24,27,31-33H,4-5,14-18H2,1-3H3. The van der Waals surface area contributed by atoms with Gasteiger partial charge < -0.3 is 0 Å². The molecule has 2 radical (unpaired) electrons. The van der Waals surface area contributed by atoms with Gasteiger partial charge >= 0.3 is 0 Å². The van der Waals surface area contributed by atoms with Gasteiger partial charge in [-0.3, -0.25) is 58.0 Å². The Balaban J connectivity index is 1.02. The van der Waals surface area contributed by atoms with Crippen molar-refractivity contribution in [3.05, 3.63) is 48.5 Å². The van der Waals surface area contributed by atoms with Crippen molar-refractivity contribution in [1.29, 1.82) is 0 Å². The summed E-state index contributed by atoms with van der Waals surface area (Å²) in [6.07, 6.45) is 1.54. The first-order valence-electron chi connectivity index (χ1n) is 17.8. The highest BCUT2D eigenvalue weighted by molar-refractivity contribution is 6.25. The Morgan fingerprint density at radius 2 is 1.08 bits per heavy atom. The maximum atomic E-state index is 13.6. The number of carbonyl (C=O) groups excluding carboxylic acids is 8. The van der Waals surface area contributed by atoms with Crippen LogP contribution in [0.3, 0.4) is 0 Å². The van der Waals surface area contributed by atoms with Crippen LogP contribution < -0.4 is 9.80 Å². The number of nitrogens with zero attached hydrogens (tertiary/aromatic N) is 4. The van der Waals surface area contributed by atoms with Gasteiger partial charge in [0.25, 0.3) is 0 Å². The highest BCUT2D eigenvalue weighted by atomic mass is 16.2. The molecular formula is C38H39BN4O8. The molecule has 8 amide bonds. The number of benzene rings is 2. The van der Waals surface area contributed by atoms with Crippen molar-refractivity contribution in [2.75, 3.05) is 9.80 Å². The Hall–Kier alpha value is -4.94. The molecule has 4 aliphatic heterocycles. The first-order chi connectivity index (χ1) is 24.4. The molecule has 2 aromatic rings. The second-order valence-electron chi connectivity index (χ2n) is 14.4.